The number of hydrogen-bond acceptors (Lipinski definition) is 4. The summed E-state index contributed by atoms with van der Waals surface area (Å²) < 4.78 is 20.1. The summed E-state index contributed by atoms with van der Waals surface area (Å²) in [7, 11) is 0. The first kappa shape index (κ1) is 16.7. The maximum atomic E-state index is 13.2. The van der Waals surface area contributed by atoms with E-state index in [-0.39, 0.29) is 30.6 Å². The standard InChI is InChI=1S/C18H18FN3O4/c19-11-4-6-12(7-5-11)22-14-3-1-2-13(14)16(20-22)17(23)21-8-9-26-10-15(21)18(24)25/h4-7,15H,1-3,8-10H2,(H,24,25). The van der Waals surface area contributed by atoms with E-state index < -0.39 is 12.0 Å². The third-order valence-corrected chi connectivity index (χ3v) is 4.88. The Balaban J connectivity index is 1.73. The summed E-state index contributed by atoms with van der Waals surface area (Å²) in [5.74, 6) is -1.82. The van der Waals surface area contributed by atoms with E-state index in [0.29, 0.717) is 12.3 Å². The Bertz CT molecular complexity index is 862. The number of halogens is 1. The molecule has 1 unspecified atom stereocenters. The molecule has 2 aromatic rings. The first-order valence-electron chi connectivity index (χ1n) is 8.54. The Kier molecular flexibility index (Phi) is 4.20. The van der Waals surface area contributed by atoms with E-state index >= 15 is 0 Å². The fraction of sp³-hybridized carbons (Fsp3) is 0.389. The second-order valence-electron chi connectivity index (χ2n) is 6.44. The number of rotatable bonds is 3. The van der Waals surface area contributed by atoms with Crippen molar-refractivity contribution in [2.24, 2.45) is 0 Å². The van der Waals surface area contributed by atoms with Gasteiger partial charge in [-0.05, 0) is 43.5 Å². The molecular formula is C18H18FN3O4. The van der Waals surface area contributed by atoms with Gasteiger partial charge in [0.25, 0.3) is 5.91 Å². The second kappa shape index (κ2) is 6.53. The molecule has 2 heterocycles. The van der Waals surface area contributed by atoms with Crippen molar-refractivity contribution in [2.45, 2.75) is 25.3 Å². The second-order valence-corrected chi connectivity index (χ2v) is 6.44. The molecule has 0 bridgehead atoms. The minimum atomic E-state index is -1.09. The van der Waals surface area contributed by atoms with Crippen molar-refractivity contribution in [1.82, 2.24) is 14.7 Å². The highest BCUT2D eigenvalue weighted by molar-refractivity contribution is 5.97. The van der Waals surface area contributed by atoms with Gasteiger partial charge in [0.05, 0.1) is 18.9 Å². The van der Waals surface area contributed by atoms with Crippen LogP contribution >= 0.6 is 0 Å². The molecule has 1 saturated heterocycles. The van der Waals surface area contributed by atoms with Crippen LogP contribution < -0.4 is 0 Å². The van der Waals surface area contributed by atoms with E-state index in [1.807, 2.05) is 0 Å². The summed E-state index contributed by atoms with van der Waals surface area (Å²) in [6.07, 6.45) is 2.40. The number of ether oxygens (including phenoxy) is 1. The van der Waals surface area contributed by atoms with Crippen LogP contribution in [0.1, 0.15) is 28.2 Å². The summed E-state index contributed by atoms with van der Waals surface area (Å²) in [5, 5.41) is 13.8. The molecule has 4 rings (SSSR count). The van der Waals surface area contributed by atoms with Gasteiger partial charge in [0, 0.05) is 17.8 Å². The predicted molar refractivity (Wildman–Crippen MR) is 88.8 cm³/mol. The molecule has 1 aromatic carbocycles. The number of carboxylic acid groups (broad SMARTS) is 1. The van der Waals surface area contributed by atoms with Crippen LogP contribution in [-0.2, 0) is 22.4 Å². The Morgan fingerprint density at radius 3 is 2.73 bits per heavy atom. The van der Waals surface area contributed by atoms with Gasteiger partial charge in [0.15, 0.2) is 11.7 Å². The molecular weight excluding hydrogens is 341 g/mol. The lowest BCUT2D eigenvalue weighted by atomic mass is 10.1. The topological polar surface area (TPSA) is 84.7 Å². The molecule has 1 aromatic heterocycles. The highest BCUT2D eigenvalue weighted by Gasteiger charge is 2.37. The largest absolute Gasteiger partial charge is 0.480 e. The molecule has 1 N–H and O–H groups in total. The summed E-state index contributed by atoms with van der Waals surface area (Å²) in [5.41, 5.74) is 2.75. The Morgan fingerprint density at radius 2 is 2.00 bits per heavy atom. The Hall–Kier alpha value is -2.74. The minimum absolute atomic E-state index is 0.0259. The lowest BCUT2D eigenvalue weighted by Gasteiger charge is -2.32. The van der Waals surface area contributed by atoms with Gasteiger partial charge < -0.3 is 14.7 Å². The normalized spacial score (nSPS) is 19.4. The molecule has 1 aliphatic heterocycles. The van der Waals surface area contributed by atoms with Crippen LogP contribution in [0.4, 0.5) is 4.39 Å². The molecule has 8 heteroatoms. The molecule has 0 saturated carbocycles. The maximum absolute atomic E-state index is 13.2. The highest BCUT2D eigenvalue weighted by atomic mass is 19.1. The number of carbonyl (C=O) groups is 2. The van der Waals surface area contributed by atoms with Crippen LogP contribution in [0.5, 0.6) is 0 Å². The fourth-order valence-corrected chi connectivity index (χ4v) is 3.59. The van der Waals surface area contributed by atoms with Gasteiger partial charge in [-0.25, -0.2) is 13.9 Å². The van der Waals surface area contributed by atoms with Crippen molar-refractivity contribution in [3.05, 3.63) is 47.0 Å². The molecule has 1 fully saturated rings. The van der Waals surface area contributed by atoms with Gasteiger partial charge in [0.2, 0.25) is 0 Å². The number of nitrogens with zero attached hydrogens (tertiary/aromatic N) is 3. The molecule has 7 nitrogen and oxygen atoms in total. The van der Waals surface area contributed by atoms with E-state index in [9.17, 15) is 19.1 Å². The summed E-state index contributed by atoms with van der Waals surface area (Å²) in [6.45, 7) is 0.492. The highest BCUT2D eigenvalue weighted by Crippen LogP contribution is 2.29. The zero-order valence-corrected chi connectivity index (χ0v) is 14.0. The Labute approximate surface area is 149 Å². The molecule has 1 amide bonds. The molecule has 2 aliphatic rings. The SMILES string of the molecule is O=C(O)C1COCCN1C(=O)c1nn(-c2ccc(F)cc2)c2c1CCC2. The van der Waals surface area contributed by atoms with Crippen molar-refractivity contribution >= 4 is 11.9 Å². The monoisotopic (exact) mass is 359 g/mol. The Morgan fingerprint density at radius 1 is 1.23 bits per heavy atom. The maximum Gasteiger partial charge on any atom is 0.328 e. The molecule has 0 spiro atoms. The van der Waals surface area contributed by atoms with Crippen molar-refractivity contribution in [1.29, 1.82) is 0 Å². The van der Waals surface area contributed by atoms with E-state index in [1.54, 1.807) is 16.8 Å². The average molecular weight is 359 g/mol. The number of aliphatic carboxylic acids is 1. The predicted octanol–water partition coefficient (Wildman–Crippen LogP) is 1.43. The zero-order valence-electron chi connectivity index (χ0n) is 14.0. The third-order valence-electron chi connectivity index (χ3n) is 4.88. The van der Waals surface area contributed by atoms with E-state index in [2.05, 4.69) is 5.10 Å². The summed E-state index contributed by atoms with van der Waals surface area (Å²) in [6, 6.07) is 4.92. The number of hydrogen-bond donors (Lipinski definition) is 1. The lowest BCUT2D eigenvalue weighted by Crippen LogP contribution is -2.52. The van der Waals surface area contributed by atoms with Crippen LogP contribution in [0, 0.1) is 5.82 Å². The van der Waals surface area contributed by atoms with E-state index in [0.717, 1.165) is 30.5 Å². The number of amides is 1. The molecule has 1 atom stereocenters. The zero-order chi connectivity index (χ0) is 18.3. The quantitative estimate of drug-likeness (QED) is 0.896. The van der Waals surface area contributed by atoms with Crippen molar-refractivity contribution in [3.63, 3.8) is 0 Å². The van der Waals surface area contributed by atoms with Gasteiger partial charge in [-0.2, -0.15) is 5.10 Å². The van der Waals surface area contributed by atoms with Gasteiger partial charge >= 0.3 is 5.97 Å². The number of carboxylic acids is 1. The smallest absolute Gasteiger partial charge is 0.328 e. The first-order chi connectivity index (χ1) is 12.6. The van der Waals surface area contributed by atoms with Gasteiger partial charge in [-0.1, -0.05) is 0 Å². The van der Waals surface area contributed by atoms with Crippen LogP contribution in [0.25, 0.3) is 5.69 Å². The van der Waals surface area contributed by atoms with Crippen molar-refractivity contribution in [2.75, 3.05) is 19.8 Å². The number of aromatic nitrogens is 2. The average Bonchev–Trinajstić information content (AvgIpc) is 3.24. The number of fused-ring (bicyclic) bond motifs is 1. The summed E-state index contributed by atoms with van der Waals surface area (Å²) >= 11 is 0. The van der Waals surface area contributed by atoms with Crippen LogP contribution in [-0.4, -0.2) is 57.5 Å². The van der Waals surface area contributed by atoms with Crippen LogP contribution in [0.15, 0.2) is 24.3 Å². The lowest BCUT2D eigenvalue weighted by molar-refractivity contribution is -0.147. The number of morpholine rings is 1. The van der Waals surface area contributed by atoms with E-state index in [1.165, 1.54) is 17.0 Å². The first-order valence-corrected chi connectivity index (χ1v) is 8.54. The van der Waals surface area contributed by atoms with Crippen LogP contribution in [0.3, 0.4) is 0 Å². The summed E-state index contributed by atoms with van der Waals surface area (Å²) in [4.78, 5) is 25.8. The molecule has 136 valence electrons. The van der Waals surface area contributed by atoms with E-state index in [4.69, 9.17) is 4.74 Å². The van der Waals surface area contributed by atoms with Gasteiger partial charge in [-0.3, -0.25) is 4.79 Å². The molecule has 26 heavy (non-hydrogen) atoms. The molecule has 1 aliphatic carbocycles. The van der Waals surface area contributed by atoms with Gasteiger partial charge in [0.1, 0.15) is 5.82 Å². The third kappa shape index (κ3) is 2.76. The fourth-order valence-electron chi connectivity index (χ4n) is 3.59. The van der Waals surface area contributed by atoms with Crippen molar-refractivity contribution < 1.29 is 23.8 Å². The minimum Gasteiger partial charge on any atom is -0.480 e. The van der Waals surface area contributed by atoms with Gasteiger partial charge in [-0.15, -0.1) is 0 Å². The number of benzene rings is 1. The number of carbonyl (C=O) groups excluding carboxylic acids is 1. The van der Waals surface area contributed by atoms with Crippen molar-refractivity contribution in [3.8, 4) is 5.69 Å². The van der Waals surface area contributed by atoms with Crippen LogP contribution in [0.2, 0.25) is 0 Å². The molecule has 0 radical (unpaired) electrons.